The summed E-state index contributed by atoms with van der Waals surface area (Å²) in [4.78, 5) is 37.0. The molecule has 0 saturated carbocycles. The third-order valence-corrected chi connectivity index (χ3v) is 6.14. The minimum atomic E-state index is -4.82. The molecule has 4 atom stereocenters. The van der Waals surface area contributed by atoms with E-state index in [2.05, 4.69) is 30.4 Å². The SMILES string of the molecule is Nc1nc2c(c(=O)[nH]1)n(CCOc1ccc(Br)cc1)c[n+]2[C@@H]1O[C@H](COP(=O)(O)O)[C@@H](O)[C@H]1O. The Bertz CT molecular complexity index is 1280. The van der Waals surface area contributed by atoms with Crippen LogP contribution in [0.2, 0.25) is 0 Å². The van der Waals surface area contributed by atoms with Gasteiger partial charge in [0.05, 0.1) is 6.61 Å². The Labute approximate surface area is 199 Å². The van der Waals surface area contributed by atoms with Crippen molar-refractivity contribution >= 4 is 40.9 Å². The Kier molecular flexibility index (Phi) is 7.07. The first-order valence-electron chi connectivity index (χ1n) is 9.93. The van der Waals surface area contributed by atoms with Gasteiger partial charge in [-0.1, -0.05) is 20.9 Å². The fraction of sp³-hybridized carbons (Fsp3) is 0.389. The largest absolute Gasteiger partial charge is 0.490 e. The molecule has 0 spiro atoms. The van der Waals surface area contributed by atoms with Crippen LogP contribution in [0.1, 0.15) is 6.23 Å². The zero-order valence-electron chi connectivity index (χ0n) is 17.4. The topological polar surface area (TPSA) is 206 Å². The van der Waals surface area contributed by atoms with Gasteiger partial charge in [0.15, 0.2) is 6.33 Å². The van der Waals surface area contributed by atoms with Gasteiger partial charge in [0.1, 0.15) is 37.2 Å². The molecular weight excluding hydrogens is 541 g/mol. The quantitative estimate of drug-likeness (QED) is 0.147. The zero-order valence-corrected chi connectivity index (χ0v) is 19.9. The zero-order chi connectivity index (χ0) is 24.6. The van der Waals surface area contributed by atoms with Gasteiger partial charge < -0.3 is 35.2 Å². The lowest BCUT2D eigenvalue weighted by atomic mass is 10.1. The number of nitrogens with zero attached hydrogens (tertiary/aromatic N) is 3. The van der Waals surface area contributed by atoms with Gasteiger partial charge in [-0.2, -0.15) is 0 Å². The number of aliphatic hydroxyl groups excluding tert-OH is 2. The highest BCUT2D eigenvalue weighted by molar-refractivity contribution is 9.10. The number of halogens is 1. The Morgan fingerprint density at radius 2 is 1.97 bits per heavy atom. The van der Waals surface area contributed by atoms with Gasteiger partial charge >= 0.3 is 13.5 Å². The van der Waals surface area contributed by atoms with E-state index in [9.17, 15) is 19.6 Å². The summed E-state index contributed by atoms with van der Waals surface area (Å²) in [5.41, 5.74) is 5.34. The number of nitrogens with one attached hydrogen (secondary N) is 1. The second-order valence-corrected chi connectivity index (χ2v) is 9.63. The highest BCUT2D eigenvalue weighted by Crippen LogP contribution is 2.37. The van der Waals surface area contributed by atoms with Gasteiger partial charge in [-0.15, -0.1) is 0 Å². The van der Waals surface area contributed by atoms with Gasteiger partial charge in [-0.05, 0) is 24.3 Å². The number of ether oxygens (including phenoxy) is 2. The average molecular weight is 563 g/mol. The number of fused-ring (bicyclic) bond motifs is 1. The van der Waals surface area contributed by atoms with E-state index in [1.165, 1.54) is 15.5 Å². The number of phosphoric ester groups is 1. The second kappa shape index (κ2) is 9.71. The highest BCUT2D eigenvalue weighted by Gasteiger charge is 2.47. The van der Waals surface area contributed by atoms with Crippen molar-refractivity contribution in [2.24, 2.45) is 0 Å². The Morgan fingerprint density at radius 1 is 1.26 bits per heavy atom. The monoisotopic (exact) mass is 562 g/mol. The third kappa shape index (κ3) is 5.31. The highest BCUT2D eigenvalue weighted by atomic mass is 79.9. The van der Waals surface area contributed by atoms with Gasteiger partial charge in [0.25, 0.3) is 11.5 Å². The van der Waals surface area contributed by atoms with Crippen molar-refractivity contribution in [2.75, 3.05) is 18.9 Å². The first kappa shape index (κ1) is 24.8. The molecule has 0 unspecified atom stereocenters. The summed E-state index contributed by atoms with van der Waals surface area (Å²) in [6.07, 6.45) is -4.09. The minimum Gasteiger partial charge on any atom is -0.490 e. The summed E-state index contributed by atoms with van der Waals surface area (Å²) in [5, 5.41) is 20.8. The number of anilines is 1. The van der Waals surface area contributed by atoms with Crippen molar-refractivity contribution in [3.05, 3.63) is 45.4 Å². The summed E-state index contributed by atoms with van der Waals surface area (Å²) in [7, 11) is -4.82. The predicted molar refractivity (Wildman–Crippen MR) is 119 cm³/mol. The number of nitrogens with two attached hydrogens (primary N) is 1. The molecule has 0 bridgehead atoms. The Hall–Kier alpha value is -2.36. The van der Waals surface area contributed by atoms with Crippen molar-refractivity contribution < 1.29 is 43.1 Å². The maximum atomic E-state index is 12.6. The number of hydrogen-bond donors (Lipinski definition) is 6. The molecule has 0 amide bonds. The molecule has 3 aromatic rings. The molecular formula is C18H22BrN5O9P+. The minimum absolute atomic E-state index is 0.0673. The lowest BCUT2D eigenvalue weighted by Crippen LogP contribution is -2.46. The maximum absolute atomic E-state index is 12.6. The standard InChI is InChI=1S/C18H21BrN5O9P/c19-9-1-3-10(4-2-9)31-6-5-23-8-24(15-12(23)16(27)22-18(20)21-15)17-14(26)13(25)11(33-17)7-32-34(28,29)30/h1-4,8,11,13-14,17,25-26H,5-7H2,(H4-,20,21,22,27,28,29,30)/p+1/t11-,13-,14-,17-/m1/s1. The molecule has 1 aliphatic rings. The summed E-state index contributed by atoms with van der Waals surface area (Å²) in [6, 6.07) is 7.19. The van der Waals surface area contributed by atoms with Gasteiger partial charge in [0.2, 0.25) is 11.7 Å². The third-order valence-electron chi connectivity index (χ3n) is 5.12. The Morgan fingerprint density at radius 3 is 2.65 bits per heavy atom. The van der Waals surface area contributed by atoms with Crippen molar-refractivity contribution in [3.63, 3.8) is 0 Å². The van der Waals surface area contributed by atoms with Crippen LogP contribution in [-0.4, -0.2) is 66.1 Å². The summed E-state index contributed by atoms with van der Waals surface area (Å²) in [6.45, 7) is -0.273. The molecule has 1 fully saturated rings. The molecule has 2 aromatic heterocycles. The van der Waals surface area contributed by atoms with E-state index in [0.29, 0.717) is 5.75 Å². The van der Waals surface area contributed by atoms with Crippen LogP contribution >= 0.6 is 23.8 Å². The molecule has 4 rings (SSSR count). The summed E-state index contributed by atoms with van der Waals surface area (Å²) < 4.78 is 30.4. The molecule has 14 nitrogen and oxygen atoms in total. The lowest BCUT2D eigenvalue weighted by Gasteiger charge is -2.14. The first-order chi connectivity index (χ1) is 16.0. The van der Waals surface area contributed by atoms with E-state index in [1.54, 1.807) is 12.1 Å². The molecule has 1 saturated heterocycles. The number of aliphatic hydroxyl groups is 2. The van der Waals surface area contributed by atoms with Gasteiger partial charge in [0, 0.05) is 4.47 Å². The number of phosphoric acid groups is 1. The van der Waals surface area contributed by atoms with Crippen LogP contribution in [0.5, 0.6) is 5.75 Å². The van der Waals surface area contributed by atoms with Crippen molar-refractivity contribution in [3.8, 4) is 5.75 Å². The molecule has 16 heteroatoms. The fourth-order valence-electron chi connectivity index (χ4n) is 3.59. The van der Waals surface area contributed by atoms with Gasteiger partial charge in [-0.25, -0.2) is 9.13 Å². The average Bonchev–Trinajstić information content (AvgIpc) is 3.25. The number of H-pyrrole nitrogens is 1. The molecule has 0 radical (unpaired) electrons. The number of benzene rings is 1. The van der Waals surface area contributed by atoms with Gasteiger partial charge in [-0.3, -0.25) is 18.9 Å². The van der Waals surface area contributed by atoms with E-state index in [1.807, 2.05) is 12.1 Å². The Balaban J connectivity index is 1.60. The number of aromatic nitrogens is 4. The van der Waals surface area contributed by atoms with Crippen molar-refractivity contribution in [2.45, 2.75) is 31.1 Å². The number of rotatable bonds is 8. The summed E-state index contributed by atoms with van der Waals surface area (Å²) in [5.74, 6) is 0.443. The molecule has 1 aliphatic heterocycles. The number of imidazole rings is 1. The van der Waals surface area contributed by atoms with Crippen molar-refractivity contribution in [1.82, 2.24) is 14.5 Å². The first-order valence-corrected chi connectivity index (χ1v) is 12.3. The normalized spacial score (nSPS) is 23.0. The molecule has 1 aromatic carbocycles. The maximum Gasteiger partial charge on any atom is 0.469 e. The van der Waals surface area contributed by atoms with Crippen LogP contribution in [0.3, 0.4) is 0 Å². The smallest absolute Gasteiger partial charge is 0.469 e. The van der Waals surface area contributed by atoms with Crippen LogP contribution in [-0.2, 0) is 20.4 Å². The van der Waals surface area contributed by atoms with E-state index in [4.69, 9.17) is 25.0 Å². The van der Waals surface area contributed by atoms with E-state index in [0.717, 1.165) is 4.47 Å². The fourth-order valence-corrected chi connectivity index (χ4v) is 4.19. The number of aromatic amines is 1. The van der Waals surface area contributed by atoms with Crippen LogP contribution in [0.4, 0.5) is 5.95 Å². The predicted octanol–water partition coefficient (Wildman–Crippen LogP) is -0.836. The van der Waals surface area contributed by atoms with Crippen LogP contribution in [0, 0.1) is 0 Å². The molecule has 7 N–H and O–H groups in total. The molecule has 3 heterocycles. The van der Waals surface area contributed by atoms with Crippen LogP contribution in [0.25, 0.3) is 11.2 Å². The lowest BCUT2D eigenvalue weighted by molar-refractivity contribution is -0.746. The van der Waals surface area contributed by atoms with Crippen LogP contribution < -0.4 is 20.6 Å². The van der Waals surface area contributed by atoms with E-state index < -0.39 is 44.5 Å². The molecule has 184 valence electrons. The second-order valence-electron chi connectivity index (χ2n) is 7.47. The van der Waals surface area contributed by atoms with E-state index in [-0.39, 0.29) is 30.3 Å². The molecule has 34 heavy (non-hydrogen) atoms. The summed E-state index contributed by atoms with van der Waals surface area (Å²) >= 11 is 3.34. The molecule has 0 aliphatic carbocycles. The van der Waals surface area contributed by atoms with E-state index >= 15 is 0 Å². The van der Waals surface area contributed by atoms with Crippen molar-refractivity contribution in [1.29, 1.82) is 0 Å². The van der Waals surface area contributed by atoms with Crippen LogP contribution in [0.15, 0.2) is 39.9 Å². The number of hydrogen-bond acceptors (Lipinski definition) is 9. The number of nitrogen functional groups attached to an aromatic ring is 1.